The summed E-state index contributed by atoms with van der Waals surface area (Å²) in [6.45, 7) is 1.90. The number of amides is 4. The second kappa shape index (κ2) is 12.1. The van der Waals surface area contributed by atoms with E-state index in [9.17, 15) is 28.8 Å². The van der Waals surface area contributed by atoms with Crippen molar-refractivity contribution in [2.75, 3.05) is 20.1 Å². The van der Waals surface area contributed by atoms with Gasteiger partial charge in [-0.2, -0.15) is 0 Å². The van der Waals surface area contributed by atoms with Gasteiger partial charge in [-0.25, -0.2) is 19.8 Å². The van der Waals surface area contributed by atoms with Crippen LogP contribution >= 0.6 is 0 Å². The van der Waals surface area contributed by atoms with Gasteiger partial charge in [-0.05, 0) is 38.9 Å². The van der Waals surface area contributed by atoms with E-state index < -0.39 is 18.0 Å². The van der Waals surface area contributed by atoms with Crippen LogP contribution in [0.3, 0.4) is 0 Å². The van der Waals surface area contributed by atoms with Gasteiger partial charge >= 0.3 is 6.03 Å². The number of fused-ring (bicyclic) bond motifs is 2. The Morgan fingerprint density at radius 2 is 1.94 bits per heavy atom. The molecule has 0 bridgehead atoms. The Balaban J connectivity index is 0.000000345. The predicted octanol–water partition coefficient (Wildman–Crippen LogP) is 0.798. The van der Waals surface area contributed by atoms with Gasteiger partial charge < -0.3 is 19.9 Å². The molecule has 4 rings (SSSR count). The molecule has 36 heavy (non-hydrogen) atoms. The highest BCUT2D eigenvalue weighted by Crippen LogP contribution is 2.22. The van der Waals surface area contributed by atoms with E-state index in [1.165, 1.54) is 11.9 Å². The largest absolute Gasteiger partial charge is 0.358 e. The third kappa shape index (κ3) is 6.13. The van der Waals surface area contributed by atoms with Crippen LogP contribution in [0.1, 0.15) is 43.1 Å². The highest BCUT2D eigenvalue weighted by molar-refractivity contribution is 5.99. The minimum absolute atomic E-state index is 0.0291. The molecule has 0 spiro atoms. The van der Waals surface area contributed by atoms with Gasteiger partial charge in [-0.15, -0.1) is 0 Å². The number of nitrogens with zero attached hydrogens (tertiary/aromatic N) is 3. The van der Waals surface area contributed by atoms with Crippen LogP contribution in [0.2, 0.25) is 0 Å². The molecule has 2 aliphatic heterocycles. The van der Waals surface area contributed by atoms with Crippen LogP contribution in [0.4, 0.5) is 4.79 Å². The van der Waals surface area contributed by atoms with E-state index in [4.69, 9.17) is 0 Å². The van der Waals surface area contributed by atoms with Gasteiger partial charge in [-0.3, -0.25) is 19.8 Å². The van der Waals surface area contributed by atoms with Gasteiger partial charge in [0.05, 0.1) is 12.6 Å². The number of H-pyrrole nitrogens is 1. The molecule has 3 heterocycles. The van der Waals surface area contributed by atoms with Gasteiger partial charge in [0.15, 0.2) is 0 Å². The van der Waals surface area contributed by atoms with Crippen LogP contribution in [-0.2, 0) is 19.2 Å². The summed E-state index contributed by atoms with van der Waals surface area (Å²) in [7, 11) is 1.65. The number of hydrazine groups is 2. The fourth-order valence-electron chi connectivity index (χ4n) is 4.04. The van der Waals surface area contributed by atoms with E-state index in [1.54, 1.807) is 13.1 Å². The number of aromatic amines is 1. The zero-order chi connectivity index (χ0) is 26.2. The van der Waals surface area contributed by atoms with Gasteiger partial charge in [0.1, 0.15) is 30.1 Å². The number of hydrogen-bond donors (Lipinski definition) is 3. The number of rotatable bonds is 7. The maximum atomic E-state index is 12.9. The topological polar surface area (TPSA) is 152 Å². The monoisotopic (exact) mass is 498 g/mol. The molecular formula is C24H30N6O6. The number of likely N-dealkylation sites (N-methyl/N-ethyl adjacent to an activating group) is 1. The molecule has 0 unspecified atom stereocenters. The Morgan fingerprint density at radius 3 is 2.56 bits per heavy atom. The molecule has 192 valence electrons. The van der Waals surface area contributed by atoms with E-state index in [0.29, 0.717) is 37.8 Å². The van der Waals surface area contributed by atoms with Crippen molar-refractivity contribution >= 4 is 47.1 Å². The Labute approximate surface area is 207 Å². The fraction of sp³-hybridized carbons (Fsp3) is 0.417. The van der Waals surface area contributed by atoms with Crippen molar-refractivity contribution in [3.05, 3.63) is 36.0 Å². The third-order valence-electron chi connectivity index (χ3n) is 5.92. The second-order valence-electron chi connectivity index (χ2n) is 8.54. The third-order valence-corrected chi connectivity index (χ3v) is 5.92. The lowest BCUT2D eigenvalue weighted by molar-refractivity contribution is -0.151. The summed E-state index contributed by atoms with van der Waals surface area (Å²) in [5.74, 6) is -0.696. The van der Waals surface area contributed by atoms with Crippen LogP contribution in [0.5, 0.6) is 0 Å². The number of Topliss-reactive ketones (excluding diaryl/α,β-unsaturated/α-hetero) is 1. The summed E-state index contributed by atoms with van der Waals surface area (Å²) < 4.78 is 0. The molecule has 0 aliphatic carbocycles. The van der Waals surface area contributed by atoms with E-state index in [1.807, 2.05) is 24.3 Å². The van der Waals surface area contributed by atoms with E-state index >= 15 is 0 Å². The van der Waals surface area contributed by atoms with Crippen LogP contribution in [0, 0.1) is 0 Å². The van der Waals surface area contributed by atoms with Crippen LogP contribution in [0.25, 0.3) is 10.9 Å². The Kier molecular flexibility index (Phi) is 8.90. The van der Waals surface area contributed by atoms with Crippen molar-refractivity contribution in [1.82, 2.24) is 30.8 Å². The summed E-state index contributed by atoms with van der Waals surface area (Å²) in [5.41, 5.74) is 3.68. The van der Waals surface area contributed by atoms with Crippen LogP contribution in [-0.4, -0.2) is 88.4 Å². The number of urea groups is 1. The average Bonchev–Trinajstić information content (AvgIpc) is 3.28. The highest BCUT2D eigenvalue weighted by atomic mass is 16.2. The first-order valence-electron chi connectivity index (χ1n) is 11.7. The van der Waals surface area contributed by atoms with Crippen molar-refractivity contribution < 1.29 is 28.8 Å². The van der Waals surface area contributed by atoms with Gasteiger partial charge in [0.2, 0.25) is 5.91 Å². The molecule has 2 saturated heterocycles. The van der Waals surface area contributed by atoms with Gasteiger partial charge in [-0.1, -0.05) is 18.2 Å². The Bertz CT molecular complexity index is 1110. The van der Waals surface area contributed by atoms with Crippen molar-refractivity contribution in [3.8, 4) is 0 Å². The molecule has 2 fully saturated rings. The lowest BCUT2D eigenvalue weighted by atomic mass is 10.1. The molecule has 3 N–H and O–H groups in total. The van der Waals surface area contributed by atoms with Gasteiger partial charge in [0, 0.05) is 30.3 Å². The first kappa shape index (κ1) is 26.5. The smallest absolute Gasteiger partial charge is 0.350 e. The number of carbonyl (C=O) groups excluding carboxylic acids is 6. The van der Waals surface area contributed by atoms with Crippen LogP contribution < -0.4 is 10.7 Å². The zero-order valence-electron chi connectivity index (χ0n) is 20.2. The van der Waals surface area contributed by atoms with Crippen molar-refractivity contribution in [1.29, 1.82) is 0 Å². The number of aromatic nitrogens is 1. The minimum Gasteiger partial charge on any atom is -0.350 e. The molecule has 1 aromatic carbocycles. The van der Waals surface area contributed by atoms with E-state index in [0.717, 1.165) is 27.2 Å². The second-order valence-corrected chi connectivity index (χ2v) is 8.54. The first-order valence-corrected chi connectivity index (χ1v) is 11.7. The van der Waals surface area contributed by atoms with Crippen molar-refractivity contribution in [2.24, 2.45) is 0 Å². The number of carbonyl (C=O) groups is 6. The SMILES string of the molecule is CN[C@H](C=O)CC(C)=O.O=C[C@@H]1CCCN2C(=O)CCN(NC(=O)c3cc4ccccc4[nH]3)C(=O)N12. The lowest BCUT2D eigenvalue weighted by Crippen LogP contribution is -2.61. The Morgan fingerprint density at radius 1 is 1.19 bits per heavy atom. The zero-order valence-corrected chi connectivity index (χ0v) is 20.2. The molecule has 12 nitrogen and oxygen atoms in total. The van der Waals surface area contributed by atoms with Gasteiger partial charge in [0.25, 0.3) is 5.91 Å². The molecule has 2 aromatic rings. The lowest BCUT2D eigenvalue weighted by Gasteiger charge is -2.41. The number of benzene rings is 1. The highest BCUT2D eigenvalue weighted by Gasteiger charge is 2.41. The predicted molar refractivity (Wildman–Crippen MR) is 129 cm³/mol. The molecule has 1 aromatic heterocycles. The quantitative estimate of drug-likeness (QED) is 0.478. The number of ketones is 1. The standard InChI is InChI=1S/C18H19N5O4.C6H11NO2/c24-11-13-5-3-8-22-16(25)7-9-21(18(27)23(13)22)20-17(26)15-10-12-4-1-2-6-14(12)19-15;1-5(9)3-6(4-8)7-2/h1-2,4,6,10-11,13,19H,3,5,7-9H2,(H,20,26);4,6-7H,3H2,1-2H3/t13-;6-/m00/s1. The number of nitrogens with one attached hydrogen (secondary N) is 3. The fourth-order valence-corrected chi connectivity index (χ4v) is 4.04. The molecule has 4 amide bonds. The van der Waals surface area contributed by atoms with Crippen molar-refractivity contribution in [3.63, 3.8) is 0 Å². The molecular weight excluding hydrogens is 468 g/mol. The molecule has 12 heteroatoms. The summed E-state index contributed by atoms with van der Waals surface area (Å²) in [4.78, 5) is 72.7. The molecule has 2 aliphatic rings. The molecule has 2 atom stereocenters. The molecule has 0 radical (unpaired) electrons. The first-order chi connectivity index (χ1) is 17.3. The number of hydrogen-bond acceptors (Lipinski definition) is 7. The van der Waals surface area contributed by atoms with Crippen LogP contribution in [0.15, 0.2) is 30.3 Å². The number of para-hydroxylation sites is 1. The van der Waals surface area contributed by atoms with E-state index in [-0.39, 0.29) is 30.7 Å². The maximum Gasteiger partial charge on any atom is 0.358 e. The van der Waals surface area contributed by atoms with Crippen molar-refractivity contribution in [2.45, 2.75) is 44.7 Å². The van der Waals surface area contributed by atoms with E-state index in [2.05, 4.69) is 15.7 Å². The normalized spacial score (nSPS) is 18.5. The molecule has 0 saturated carbocycles. The number of aldehydes is 2. The summed E-state index contributed by atoms with van der Waals surface area (Å²) in [5, 5.41) is 7.16. The summed E-state index contributed by atoms with van der Waals surface area (Å²) in [6.07, 6.45) is 2.91. The summed E-state index contributed by atoms with van der Waals surface area (Å²) >= 11 is 0. The summed E-state index contributed by atoms with van der Waals surface area (Å²) in [6, 6.07) is 7.55. The minimum atomic E-state index is -0.708. The Hall–Kier alpha value is -4.06. The average molecular weight is 499 g/mol. The maximum absolute atomic E-state index is 12.9.